The minimum absolute atomic E-state index is 0.0206. The molecule has 0 unspecified atom stereocenters. The van der Waals surface area contributed by atoms with E-state index in [9.17, 15) is 18.4 Å². The van der Waals surface area contributed by atoms with Gasteiger partial charge in [-0.05, 0) is 38.5 Å². The normalized spacial score (nSPS) is 19.0. The van der Waals surface area contributed by atoms with E-state index in [1.165, 1.54) is 6.07 Å². The first kappa shape index (κ1) is 18.3. The highest BCUT2D eigenvalue weighted by molar-refractivity contribution is 5.89. The fourth-order valence-corrected chi connectivity index (χ4v) is 2.69. The molecule has 0 aromatic heterocycles. The van der Waals surface area contributed by atoms with Crippen molar-refractivity contribution < 1.29 is 18.4 Å². The first-order valence-corrected chi connectivity index (χ1v) is 7.92. The summed E-state index contributed by atoms with van der Waals surface area (Å²) in [4.78, 5) is 26.1. The summed E-state index contributed by atoms with van der Waals surface area (Å²) in [7, 11) is 0. The number of nitrogens with zero attached hydrogens (tertiary/aromatic N) is 1. The van der Waals surface area contributed by atoms with Crippen molar-refractivity contribution in [3.8, 4) is 0 Å². The zero-order chi connectivity index (χ0) is 17.9. The van der Waals surface area contributed by atoms with Gasteiger partial charge in [0.25, 0.3) is 0 Å². The van der Waals surface area contributed by atoms with Crippen molar-refractivity contribution in [3.05, 3.63) is 35.4 Å². The van der Waals surface area contributed by atoms with Crippen LogP contribution in [0.3, 0.4) is 0 Å². The van der Waals surface area contributed by atoms with E-state index in [1.54, 1.807) is 0 Å². The highest BCUT2D eigenvalue weighted by Crippen LogP contribution is 2.16. The maximum absolute atomic E-state index is 13.4. The molecule has 1 aromatic carbocycles. The molecular formula is C17H23F2N3O2. The Kier molecular flexibility index (Phi) is 5.54. The maximum Gasteiger partial charge on any atom is 0.237 e. The van der Waals surface area contributed by atoms with E-state index in [0.717, 1.165) is 12.1 Å². The third-order valence-corrected chi connectivity index (χ3v) is 3.70. The van der Waals surface area contributed by atoms with E-state index in [4.69, 9.17) is 0 Å². The van der Waals surface area contributed by atoms with Crippen LogP contribution in [0.15, 0.2) is 18.2 Å². The first-order valence-electron chi connectivity index (χ1n) is 7.92. The molecule has 1 saturated heterocycles. The fourth-order valence-electron chi connectivity index (χ4n) is 2.69. The summed E-state index contributed by atoms with van der Waals surface area (Å²) in [6, 6.07) is 3.04. The van der Waals surface area contributed by atoms with E-state index < -0.39 is 17.7 Å². The molecule has 24 heavy (non-hydrogen) atoms. The molecule has 0 bridgehead atoms. The molecule has 1 heterocycles. The van der Waals surface area contributed by atoms with Crippen LogP contribution < -0.4 is 10.6 Å². The number of nitrogens with one attached hydrogen (secondary N) is 2. The summed E-state index contributed by atoms with van der Waals surface area (Å²) in [6.45, 7) is 6.87. The number of benzene rings is 1. The van der Waals surface area contributed by atoms with Crippen LogP contribution in [0.4, 0.5) is 8.78 Å². The Morgan fingerprint density at radius 2 is 2.04 bits per heavy atom. The molecule has 1 aliphatic heterocycles. The number of carbonyl (C=O) groups is 2. The van der Waals surface area contributed by atoms with Gasteiger partial charge in [0, 0.05) is 25.2 Å². The molecule has 2 rings (SSSR count). The molecular weight excluding hydrogens is 316 g/mol. The highest BCUT2D eigenvalue weighted by atomic mass is 19.2. The van der Waals surface area contributed by atoms with Crippen LogP contribution in [0.1, 0.15) is 32.8 Å². The lowest BCUT2D eigenvalue weighted by Crippen LogP contribution is -2.56. The highest BCUT2D eigenvalue weighted by Gasteiger charge is 2.32. The van der Waals surface area contributed by atoms with E-state index in [0.29, 0.717) is 18.7 Å². The van der Waals surface area contributed by atoms with Crippen LogP contribution in [0.25, 0.3) is 0 Å². The van der Waals surface area contributed by atoms with Gasteiger partial charge in [0.15, 0.2) is 11.6 Å². The third kappa shape index (κ3) is 4.99. The summed E-state index contributed by atoms with van der Waals surface area (Å²) in [6.07, 6.45) is 0.0206. The quantitative estimate of drug-likeness (QED) is 0.875. The molecule has 0 spiro atoms. The second-order valence-electron chi connectivity index (χ2n) is 7.03. The number of amides is 2. The molecule has 0 radical (unpaired) electrons. The number of hydrogen-bond donors (Lipinski definition) is 2. The summed E-state index contributed by atoms with van der Waals surface area (Å²) < 4.78 is 26.4. The van der Waals surface area contributed by atoms with Gasteiger partial charge in [-0.1, -0.05) is 6.07 Å². The standard InChI is InChI=1S/C17H23F2N3O2/c1-17(2,3)21-15(23)9-14-16(24)20-6-7-22(14)10-11-4-5-12(18)13(19)8-11/h4-5,8,14H,6-7,9-10H2,1-3H3,(H,20,24)(H,21,23)/t14-/m1/s1. The number of hydrogen-bond acceptors (Lipinski definition) is 3. The zero-order valence-corrected chi connectivity index (χ0v) is 14.2. The second-order valence-corrected chi connectivity index (χ2v) is 7.03. The van der Waals surface area contributed by atoms with Crippen molar-refractivity contribution in [1.29, 1.82) is 0 Å². The number of carbonyl (C=O) groups excluding carboxylic acids is 2. The average Bonchev–Trinajstić information content (AvgIpc) is 2.45. The van der Waals surface area contributed by atoms with Crippen LogP contribution in [0.5, 0.6) is 0 Å². The molecule has 1 aliphatic rings. The van der Waals surface area contributed by atoms with Gasteiger partial charge in [-0.25, -0.2) is 8.78 Å². The van der Waals surface area contributed by atoms with Gasteiger partial charge < -0.3 is 10.6 Å². The Bertz CT molecular complexity index is 629. The number of piperazine rings is 1. The van der Waals surface area contributed by atoms with Crippen LogP contribution in [0, 0.1) is 11.6 Å². The molecule has 0 aliphatic carbocycles. The van der Waals surface area contributed by atoms with Gasteiger partial charge in [0.05, 0.1) is 12.5 Å². The van der Waals surface area contributed by atoms with Gasteiger partial charge in [0.1, 0.15) is 0 Å². The van der Waals surface area contributed by atoms with Crippen molar-refractivity contribution >= 4 is 11.8 Å². The number of halogens is 2. The Labute approximate surface area is 140 Å². The molecule has 2 N–H and O–H groups in total. The Balaban J connectivity index is 2.09. The van der Waals surface area contributed by atoms with Crippen molar-refractivity contribution in [3.63, 3.8) is 0 Å². The molecule has 7 heteroatoms. The van der Waals surface area contributed by atoms with Crippen LogP contribution >= 0.6 is 0 Å². The fraction of sp³-hybridized carbons (Fsp3) is 0.529. The van der Waals surface area contributed by atoms with Gasteiger partial charge in [0.2, 0.25) is 11.8 Å². The molecule has 1 atom stereocenters. The largest absolute Gasteiger partial charge is 0.353 e. The van der Waals surface area contributed by atoms with E-state index in [1.807, 2.05) is 25.7 Å². The van der Waals surface area contributed by atoms with Crippen LogP contribution in [-0.2, 0) is 16.1 Å². The zero-order valence-electron chi connectivity index (χ0n) is 14.2. The van der Waals surface area contributed by atoms with Gasteiger partial charge in [-0.2, -0.15) is 0 Å². The molecule has 1 aromatic rings. The topological polar surface area (TPSA) is 61.4 Å². The van der Waals surface area contributed by atoms with E-state index >= 15 is 0 Å². The molecule has 5 nitrogen and oxygen atoms in total. The summed E-state index contributed by atoms with van der Waals surface area (Å²) in [5.41, 5.74) is 0.178. The Morgan fingerprint density at radius 3 is 2.67 bits per heavy atom. The van der Waals surface area contributed by atoms with Gasteiger partial charge in [-0.3, -0.25) is 14.5 Å². The van der Waals surface area contributed by atoms with Crippen molar-refractivity contribution in [2.45, 2.75) is 45.3 Å². The predicted molar refractivity (Wildman–Crippen MR) is 86.1 cm³/mol. The molecule has 132 valence electrons. The summed E-state index contributed by atoms with van der Waals surface area (Å²) in [5, 5.41) is 5.57. The SMILES string of the molecule is CC(C)(C)NC(=O)C[C@@H]1C(=O)NCCN1Cc1ccc(F)c(F)c1. The van der Waals surface area contributed by atoms with E-state index in [2.05, 4.69) is 10.6 Å². The van der Waals surface area contributed by atoms with Crippen LogP contribution in [0.2, 0.25) is 0 Å². The Morgan fingerprint density at radius 1 is 1.33 bits per heavy atom. The minimum Gasteiger partial charge on any atom is -0.353 e. The lowest BCUT2D eigenvalue weighted by molar-refractivity contribution is -0.134. The van der Waals surface area contributed by atoms with Crippen LogP contribution in [-0.4, -0.2) is 41.4 Å². The average molecular weight is 339 g/mol. The lowest BCUT2D eigenvalue weighted by atomic mass is 10.0. The molecule has 1 fully saturated rings. The summed E-state index contributed by atoms with van der Waals surface area (Å²) in [5.74, 6) is -2.28. The second kappa shape index (κ2) is 7.25. The van der Waals surface area contributed by atoms with Gasteiger partial charge >= 0.3 is 0 Å². The molecule has 2 amide bonds. The first-order chi connectivity index (χ1) is 11.2. The predicted octanol–water partition coefficient (Wildman–Crippen LogP) is 1.57. The minimum atomic E-state index is -0.920. The monoisotopic (exact) mass is 339 g/mol. The van der Waals surface area contributed by atoms with Crippen molar-refractivity contribution in [2.24, 2.45) is 0 Å². The Hall–Kier alpha value is -2.02. The number of rotatable bonds is 4. The van der Waals surface area contributed by atoms with Gasteiger partial charge in [-0.15, -0.1) is 0 Å². The third-order valence-electron chi connectivity index (χ3n) is 3.70. The summed E-state index contributed by atoms with van der Waals surface area (Å²) >= 11 is 0. The molecule has 0 saturated carbocycles. The van der Waals surface area contributed by atoms with Crippen molar-refractivity contribution in [2.75, 3.05) is 13.1 Å². The van der Waals surface area contributed by atoms with E-state index in [-0.39, 0.29) is 30.3 Å². The smallest absolute Gasteiger partial charge is 0.237 e. The lowest BCUT2D eigenvalue weighted by Gasteiger charge is -2.35. The van der Waals surface area contributed by atoms with Crippen molar-refractivity contribution in [1.82, 2.24) is 15.5 Å². The maximum atomic E-state index is 13.4.